The summed E-state index contributed by atoms with van der Waals surface area (Å²) in [6, 6.07) is 29.0. The number of nitrogens with one attached hydrogen (secondary N) is 2. The molecule has 15 heteroatoms. The third-order valence-corrected chi connectivity index (χ3v) is 12.2. The maximum atomic E-state index is 14.4. The molecule has 6 rings (SSSR count). The van der Waals surface area contributed by atoms with E-state index >= 15 is 0 Å². The van der Waals surface area contributed by atoms with E-state index in [0.717, 1.165) is 22.3 Å². The highest BCUT2D eigenvalue weighted by molar-refractivity contribution is 14.1. The molecule has 3 aromatic carbocycles. The summed E-state index contributed by atoms with van der Waals surface area (Å²) in [5, 5.41) is 12.3. The van der Waals surface area contributed by atoms with Crippen molar-refractivity contribution in [2.45, 2.75) is 89.1 Å². The van der Waals surface area contributed by atoms with Crippen LogP contribution in [0.4, 0.5) is 5.13 Å². The van der Waals surface area contributed by atoms with Crippen LogP contribution in [-0.2, 0) is 39.0 Å². The average Bonchev–Trinajstić information content (AvgIpc) is 3.65. The maximum Gasteiger partial charge on any atom is 0.355 e. The molecule has 2 amide bonds. The van der Waals surface area contributed by atoms with Gasteiger partial charge in [-0.2, -0.15) is 0 Å². The van der Waals surface area contributed by atoms with Crippen molar-refractivity contribution in [3.05, 3.63) is 130 Å². The Balaban J connectivity index is 1.36. The number of esters is 2. The number of benzene rings is 3. The van der Waals surface area contributed by atoms with Gasteiger partial charge < -0.3 is 24.9 Å². The summed E-state index contributed by atoms with van der Waals surface area (Å²) in [5.74, 6) is -2.04. The van der Waals surface area contributed by atoms with Crippen molar-refractivity contribution in [1.82, 2.24) is 15.2 Å². The van der Waals surface area contributed by atoms with E-state index in [2.05, 4.69) is 38.4 Å². The van der Waals surface area contributed by atoms with Crippen LogP contribution in [0.2, 0.25) is 0 Å². The number of anilines is 1. The molecule has 4 aromatic rings. The molecule has 3 heterocycles. The lowest BCUT2D eigenvalue weighted by Gasteiger charge is -2.49. The third kappa shape index (κ3) is 9.68. The molecular weight excluding hydrogens is 902 g/mol. The first-order valence-electron chi connectivity index (χ1n) is 19.0. The first-order valence-corrected chi connectivity index (χ1v) is 22.5. The molecule has 2 N–H and O–H groups in total. The number of alkyl halides is 1. The van der Waals surface area contributed by atoms with Crippen LogP contribution in [0.25, 0.3) is 0 Å². The van der Waals surface area contributed by atoms with Gasteiger partial charge in [-0.1, -0.05) is 119 Å². The Morgan fingerprint density at radius 1 is 0.831 bits per heavy atom. The van der Waals surface area contributed by atoms with Crippen molar-refractivity contribution >= 4 is 80.3 Å². The number of halogens is 1. The molecular formula is C44H48IN5O7S2. The second-order valence-electron chi connectivity index (χ2n) is 16.5. The summed E-state index contributed by atoms with van der Waals surface area (Å²) in [6.45, 7) is 13.5. The molecule has 2 aliphatic heterocycles. The molecule has 12 nitrogen and oxygen atoms in total. The summed E-state index contributed by atoms with van der Waals surface area (Å²) < 4.78 is 11.8. The highest BCUT2D eigenvalue weighted by atomic mass is 127. The van der Waals surface area contributed by atoms with Crippen LogP contribution in [0.15, 0.2) is 113 Å². The summed E-state index contributed by atoms with van der Waals surface area (Å²) in [7, 11) is 0. The molecule has 1 saturated heterocycles. The van der Waals surface area contributed by atoms with Gasteiger partial charge in [-0.25, -0.2) is 14.6 Å². The number of carbonyl (C=O) groups excluding carboxylic acids is 4. The van der Waals surface area contributed by atoms with Crippen molar-refractivity contribution in [2.24, 2.45) is 5.16 Å². The van der Waals surface area contributed by atoms with Gasteiger partial charge >= 0.3 is 11.9 Å². The van der Waals surface area contributed by atoms with E-state index in [1.54, 1.807) is 46.9 Å². The lowest BCUT2D eigenvalue weighted by molar-refractivity contribution is -0.179. The molecule has 1 fully saturated rings. The minimum Gasteiger partial charge on any atom is -0.457 e. The zero-order chi connectivity index (χ0) is 42.8. The lowest BCUT2D eigenvalue weighted by Crippen LogP contribution is -2.71. The maximum absolute atomic E-state index is 14.4. The van der Waals surface area contributed by atoms with Crippen LogP contribution in [0.5, 0.6) is 0 Å². The largest absolute Gasteiger partial charge is 0.457 e. The first-order chi connectivity index (χ1) is 27.8. The Hall–Kier alpha value is -4.74. The summed E-state index contributed by atoms with van der Waals surface area (Å²) in [4.78, 5) is 66.9. The second kappa shape index (κ2) is 17.5. The van der Waals surface area contributed by atoms with Crippen LogP contribution in [0, 0.1) is 0 Å². The Labute approximate surface area is 366 Å². The van der Waals surface area contributed by atoms with Crippen LogP contribution < -0.4 is 10.6 Å². The van der Waals surface area contributed by atoms with Crippen molar-refractivity contribution in [3.63, 3.8) is 0 Å². The molecule has 0 saturated carbocycles. The van der Waals surface area contributed by atoms with Crippen molar-refractivity contribution < 1.29 is 33.5 Å². The zero-order valence-corrected chi connectivity index (χ0v) is 38.0. The van der Waals surface area contributed by atoms with Gasteiger partial charge in [0.05, 0.1) is 0 Å². The van der Waals surface area contributed by atoms with E-state index in [9.17, 15) is 19.2 Å². The van der Waals surface area contributed by atoms with E-state index < -0.39 is 57.5 Å². The van der Waals surface area contributed by atoms with Gasteiger partial charge in [-0.05, 0) is 77.7 Å². The molecule has 0 spiro atoms. The molecule has 310 valence electrons. The molecule has 2 aliphatic rings. The zero-order valence-electron chi connectivity index (χ0n) is 34.2. The van der Waals surface area contributed by atoms with E-state index in [1.165, 1.54) is 41.8 Å². The van der Waals surface area contributed by atoms with Gasteiger partial charge in [0.2, 0.25) is 5.60 Å². The van der Waals surface area contributed by atoms with Crippen LogP contribution in [-0.4, -0.2) is 77.7 Å². The average molecular weight is 950 g/mol. The number of carbonyl (C=O) groups is 4. The van der Waals surface area contributed by atoms with Crippen LogP contribution in [0.1, 0.15) is 77.8 Å². The molecule has 2 atom stereocenters. The number of rotatable bonds is 13. The minimum atomic E-state index is -1.61. The summed E-state index contributed by atoms with van der Waals surface area (Å²) >= 11 is 4.86. The van der Waals surface area contributed by atoms with Gasteiger partial charge in [0.25, 0.3) is 11.8 Å². The number of thioether (sulfide) groups is 1. The number of β-lactam (4-membered cyclic amide) rings is 1. The number of aromatic nitrogens is 1. The Morgan fingerprint density at radius 2 is 1.36 bits per heavy atom. The molecule has 1 aromatic heterocycles. The van der Waals surface area contributed by atoms with E-state index in [1.807, 2.05) is 91.0 Å². The quantitative estimate of drug-likeness (QED) is 0.0259. The van der Waals surface area contributed by atoms with Gasteiger partial charge in [-0.3, -0.25) is 14.5 Å². The van der Waals surface area contributed by atoms with Crippen LogP contribution >= 0.6 is 45.7 Å². The highest BCUT2D eigenvalue weighted by Crippen LogP contribution is 2.43. The monoisotopic (exact) mass is 949 g/mol. The van der Waals surface area contributed by atoms with Crippen molar-refractivity contribution in [3.8, 4) is 0 Å². The molecule has 0 radical (unpaired) electrons. The SMILES string of the molecule is CC(C)(C)OC(=O)C1=C(CI)CS[C@@H]2C(NC(=O)C(=NOC(C)(C)C(=O)OC(C)(C)C)c3csc(NC(c4ccccc4)(c4ccccc4)c4ccccc4)n3)C(=O)N12. The van der Waals surface area contributed by atoms with E-state index in [0.29, 0.717) is 15.3 Å². The molecule has 1 unspecified atom stereocenters. The molecule has 0 aliphatic carbocycles. The van der Waals surface area contributed by atoms with Gasteiger partial charge in [-0.15, -0.1) is 23.1 Å². The first kappa shape index (κ1) is 43.8. The van der Waals surface area contributed by atoms with Gasteiger partial charge in [0.15, 0.2) is 10.8 Å². The number of amides is 2. The van der Waals surface area contributed by atoms with Gasteiger partial charge in [0, 0.05) is 15.6 Å². The number of nitrogens with zero attached hydrogens (tertiary/aromatic N) is 3. The van der Waals surface area contributed by atoms with Crippen LogP contribution in [0.3, 0.4) is 0 Å². The number of fused-ring (bicyclic) bond motifs is 1. The lowest BCUT2D eigenvalue weighted by atomic mass is 9.77. The standard InChI is InChI=1S/C44H48IN5O7S2/c1-41(2,3)55-38(53)34-27(24-45)25-58-37-33(36(52)50(34)37)47-35(51)32(49-57-43(7,8)39(54)56-42(4,5)6)31-26-59-40(46-31)48-44(28-18-12-9-13-19-28,29-20-14-10-15-21-29)30-22-16-11-17-23-30/h9-23,26,33,37H,24-25H2,1-8H3,(H,46,48)(H,47,51)/t33?,37-/m1/s1. The third-order valence-electron chi connectivity index (χ3n) is 9.22. The Morgan fingerprint density at radius 3 is 1.85 bits per heavy atom. The summed E-state index contributed by atoms with van der Waals surface area (Å²) in [6.07, 6.45) is 0. The van der Waals surface area contributed by atoms with Crippen molar-refractivity contribution in [2.75, 3.05) is 15.5 Å². The number of thiazole rings is 1. The number of oxime groups is 1. The number of ether oxygens (including phenoxy) is 2. The fraction of sp³-hybridized carbons (Fsp3) is 0.364. The highest BCUT2D eigenvalue weighted by Gasteiger charge is 2.55. The van der Waals surface area contributed by atoms with E-state index in [4.69, 9.17) is 19.3 Å². The number of hydrogen-bond acceptors (Lipinski definition) is 12. The topological polar surface area (TPSA) is 149 Å². The predicted molar refractivity (Wildman–Crippen MR) is 239 cm³/mol. The fourth-order valence-corrected chi connectivity index (χ4v) is 9.59. The summed E-state index contributed by atoms with van der Waals surface area (Å²) in [5.41, 5.74) is -0.391. The Kier molecular flexibility index (Phi) is 13.0. The van der Waals surface area contributed by atoms with Gasteiger partial charge in [0.1, 0.15) is 39.5 Å². The fourth-order valence-electron chi connectivity index (χ4n) is 6.49. The van der Waals surface area contributed by atoms with E-state index in [-0.39, 0.29) is 17.1 Å². The minimum absolute atomic E-state index is 0.138. The normalized spacial score (nSPS) is 17.4. The molecule has 59 heavy (non-hydrogen) atoms. The van der Waals surface area contributed by atoms with Crippen molar-refractivity contribution in [1.29, 1.82) is 0 Å². The second-order valence-corrected chi connectivity index (χ2v) is 19.2. The predicted octanol–water partition coefficient (Wildman–Crippen LogP) is 7.82. The number of hydrogen-bond donors (Lipinski definition) is 2. The Bertz CT molecular complexity index is 2150. The smallest absolute Gasteiger partial charge is 0.355 e. The molecule has 0 bridgehead atoms.